The first kappa shape index (κ1) is 57.3. The van der Waals surface area contributed by atoms with Crippen molar-refractivity contribution in [2.45, 2.75) is 219 Å². The van der Waals surface area contributed by atoms with E-state index >= 15 is 0 Å². The van der Waals surface area contributed by atoms with Crippen LogP contribution in [0.15, 0.2) is 97.2 Å². The number of ether oxygens (including phenoxy) is 3. The van der Waals surface area contributed by atoms with Crippen LogP contribution in [0.25, 0.3) is 0 Å². The van der Waals surface area contributed by atoms with E-state index in [4.69, 9.17) is 14.2 Å². The Morgan fingerprint density at radius 2 is 0.705 bits per heavy atom. The first-order valence-electron chi connectivity index (χ1n) is 24.7. The summed E-state index contributed by atoms with van der Waals surface area (Å²) >= 11 is 0. The molecule has 1 unspecified atom stereocenters. The van der Waals surface area contributed by atoms with Crippen LogP contribution in [0.5, 0.6) is 0 Å². The van der Waals surface area contributed by atoms with Crippen LogP contribution in [-0.2, 0) is 28.6 Å². The molecule has 0 aliphatic rings. The third kappa shape index (κ3) is 47.2. The molecular weight excluding hydrogens is 757 g/mol. The number of hydrogen-bond acceptors (Lipinski definition) is 6. The van der Waals surface area contributed by atoms with Gasteiger partial charge < -0.3 is 14.2 Å². The third-order valence-electron chi connectivity index (χ3n) is 10.1. The SMILES string of the molecule is CC/C=C\C/C=C\C/C=C\C/C=C\CCCCCCCCC(=O)OCC(COC(=O)C/C=C\C/C=C\C/C=C\CC)OC(=O)CCCCCCCCC/C=C\CCCCCC. The van der Waals surface area contributed by atoms with Crippen molar-refractivity contribution < 1.29 is 28.6 Å². The molecule has 0 amide bonds. The molecule has 1 atom stereocenters. The van der Waals surface area contributed by atoms with Crippen LogP contribution >= 0.6 is 0 Å². The number of allylic oxidation sites excluding steroid dienone is 15. The molecule has 0 aromatic rings. The molecule has 0 aromatic heterocycles. The molecule has 0 fully saturated rings. The highest BCUT2D eigenvalue weighted by Gasteiger charge is 2.19. The number of carbonyl (C=O) groups is 3. The highest BCUT2D eigenvalue weighted by molar-refractivity contribution is 5.72. The first-order valence-corrected chi connectivity index (χ1v) is 24.7. The van der Waals surface area contributed by atoms with Crippen molar-refractivity contribution in [3.05, 3.63) is 97.2 Å². The summed E-state index contributed by atoms with van der Waals surface area (Å²) < 4.78 is 16.6. The lowest BCUT2D eigenvalue weighted by atomic mass is 10.1. The van der Waals surface area contributed by atoms with Crippen molar-refractivity contribution in [1.82, 2.24) is 0 Å². The van der Waals surface area contributed by atoms with E-state index in [0.717, 1.165) is 96.3 Å². The fourth-order valence-electron chi connectivity index (χ4n) is 6.43. The summed E-state index contributed by atoms with van der Waals surface area (Å²) in [5, 5.41) is 0. The number of unbranched alkanes of at least 4 members (excludes halogenated alkanes) is 17. The second kappa shape index (κ2) is 49.0. The molecular formula is C55H90O6. The fourth-order valence-corrected chi connectivity index (χ4v) is 6.43. The Bertz CT molecular complexity index is 1250. The van der Waals surface area contributed by atoms with Gasteiger partial charge in [-0.15, -0.1) is 0 Å². The first-order chi connectivity index (χ1) is 30.0. The Labute approximate surface area is 375 Å². The van der Waals surface area contributed by atoms with Gasteiger partial charge in [0, 0.05) is 12.8 Å². The quantitative estimate of drug-likeness (QED) is 0.0263. The lowest BCUT2D eigenvalue weighted by molar-refractivity contribution is -0.166. The van der Waals surface area contributed by atoms with Gasteiger partial charge in [-0.05, 0) is 96.3 Å². The van der Waals surface area contributed by atoms with E-state index in [1.807, 2.05) is 6.08 Å². The van der Waals surface area contributed by atoms with Crippen LogP contribution < -0.4 is 0 Å². The summed E-state index contributed by atoms with van der Waals surface area (Å²) in [6, 6.07) is 0. The van der Waals surface area contributed by atoms with Gasteiger partial charge in [-0.2, -0.15) is 0 Å². The molecule has 346 valence electrons. The van der Waals surface area contributed by atoms with Crippen molar-refractivity contribution in [2.24, 2.45) is 0 Å². The number of esters is 3. The number of rotatable bonds is 43. The maximum Gasteiger partial charge on any atom is 0.309 e. The zero-order valence-corrected chi connectivity index (χ0v) is 39.4. The molecule has 0 spiro atoms. The number of carbonyl (C=O) groups excluding carboxylic acids is 3. The van der Waals surface area contributed by atoms with Crippen LogP contribution in [0.3, 0.4) is 0 Å². The Balaban J connectivity index is 4.41. The van der Waals surface area contributed by atoms with Gasteiger partial charge in [-0.25, -0.2) is 0 Å². The Morgan fingerprint density at radius 3 is 1.16 bits per heavy atom. The second-order valence-electron chi connectivity index (χ2n) is 16.0. The Kier molecular flexibility index (Phi) is 46.0. The molecule has 6 nitrogen and oxygen atoms in total. The molecule has 6 heteroatoms. The molecule has 61 heavy (non-hydrogen) atoms. The van der Waals surface area contributed by atoms with E-state index in [1.54, 1.807) is 6.08 Å². The molecule has 0 rings (SSSR count). The lowest BCUT2D eigenvalue weighted by Gasteiger charge is -2.18. The molecule has 0 N–H and O–H groups in total. The normalized spacial score (nSPS) is 12.9. The summed E-state index contributed by atoms with van der Waals surface area (Å²) in [5.41, 5.74) is 0. The Hall–Kier alpha value is -3.67. The summed E-state index contributed by atoms with van der Waals surface area (Å²) in [4.78, 5) is 37.8. The highest BCUT2D eigenvalue weighted by atomic mass is 16.6. The summed E-state index contributed by atoms with van der Waals surface area (Å²) in [7, 11) is 0. The minimum atomic E-state index is -0.820. The fraction of sp³-hybridized carbons (Fsp3) is 0.655. The predicted octanol–water partition coefficient (Wildman–Crippen LogP) is 16.2. The van der Waals surface area contributed by atoms with E-state index < -0.39 is 12.1 Å². The standard InChI is InChI=1S/C55H90O6/c1-4-7-10-13-16-19-21-23-25-26-27-28-30-31-33-36-39-42-45-48-54(57)60-51-52(50-59-53(56)47-44-41-38-35-18-15-12-9-6-3)61-55(58)49-46-43-40-37-34-32-29-24-22-20-17-14-11-8-5-2/h7,9-10,12,16,18-20,22-23,25,27-28,35,41,44,52H,4-6,8,11,13-15,17,21,24,26,29-34,36-40,42-43,45-51H2,1-3H3/b10-7-,12-9-,19-16-,22-20-,25-23-,28-27-,35-18-,44-41-. The van der Waals surface area contributed by atoms with Gasteiger partial charge in [0.1, 0.15) is 13.2 Å². The maximum absolute atomic E-state index is 12.8. The molecule has 0 bridgehead atoms. The van der Waals surface area contributed by atoms with Crippen LogP contribution in [0.2, 0.25) is 0 Å². The van der Waals surface area contributed by atoms with Crippen molar-refractivity contribution in [3.63, 3.8) is 0 Å². The minimum absolute atomic E-state index is 0.115. The van der Waals surface area contributed by atoms with Crippen molar-refractivity contribution >= 4 is 17.9 Å². The summed E-state index contributed by atoms with van der Waals surface area (Å²) in [5.74, 6) is -1.07. The van der Waals surface area contributed by atoms with E-state index in [-0.39, 0.29) is 31.6 Å². The third-order valence-corrected chi connectivity index (χ3v) is 10.1. The van der Waals surface area contributed by atoms with Gasteiger partial charge in [0.15, 0.2) is 6.10 Å². The van der Waals surface area contributed by atoms with Gasteiger partial charge in [-0.1, -0.05) is 195 Å². The van der Waals surface area contributed by atoms with Gasteiger partial charge in [0.2, 0.25) is 0 Å². The van der Waals surface area contributed by atoms with Gasteiger partial charge in [-0.3, -0.25) is 14.4 Å². The molecule has 0 aliphatic heterocycles. The molecule has 0 radical (unpaired) electrons. The maximum atomic E-state index is 12.8. The van der Waals surface area contributed by atoms with E-state index in [9.17, 15) is 14.4 Å². The van der Waals surface area contributed by atoms with Crippen molar-refractivity contribution in [3.8, 4) is 0 Å². The number of hydrogen-bond donors (Lipinski definition) is 0. The summed E-state index contributed by atoms with van der Waals surface area (Å²) in [6.45, 7) is 6.27. The lowest BCUT2D eigenvalue weighted by Crippen LogP contribution is -2.30. The average Bonchev–Trinajstić information content (AvgIpc) is 3.26. The van der Waals surface area contributed by atoms with E-state index in [2.05, 4.69) is 106 Å². The van der Waals surface area contributed by atoms with Crippen LogP contribution in [-0.4, -0.2) is 37.2 Å². The minimum Gasteiger partial charge on any atom is -0.462 e. The summed E-state index contributed by atoms with van der Waals surface area (Å²) in [6.07, 6.45) is 64.2. The molecule has 0 heterocycles. The van der Waals surface area contributed by atoms with Gasteiger partial charge >= 0.3 is 17.9 Å². The Morgan fingerprint density at radius 1 is 0.361 bits per heavy atom. The van der Waals surface area contributed by atoms with E-state index in [0.29, 0.717) is 12.8 Å². The van der Waals surface area contributed by atoms with Crippen molar-refractivity contribution in [2.75, 3.05) is 13.2 Å². The van der Waals surface area contributed by atoms with Crippen LogP contribution in [0, 0.1) is 0 Å². The smallest absolute Gasteiger partial charge is 0.309 e. The van der Waals surface area contributed by atoms with Crippen LogP contribution in [0.1, 0.15) is 213 Å². The van der Waals surface area contributed by atoms with Gasteiger partial charge in [0.25, 0.3) is 0 Å². The highest BCUT2D eigenvalue weighted by Crippen LogP contribution is 2.13. The second-order valence-corrected chi connectivity index (χ2v) is 16.0. The molecule has 0 saturated heterocycles. The van der Waals surface area contributed by atoms with Crippen LogP contribution in [0.4, 0.5) is 0 Å². The molecule has 0 aliphatic carbocycles. The topological polar surface area (TPSA) is 78.9 Å². The monoisotopic (exact) mass is 847 g/mol. The molecule has 0 saturated carbocycles. The van der Waals surface area contributed by atoms with E-state index in [1.165, 1.54) is 77.0 Å². The zero-order chi connectivity index (χ0) is 44.4. The van der Waals surface area contributed by atoms with Gasteiger partial charge in [0.05, 0.1) is 6.42 Å². The van der Waals surface area contributed by atoms with Crippen molar-refractivity contribution in [1.29, 1.82) is 0 Å². The average molecular weight is 847 g/mol. The largest absolute Gasteiger partial charge is 0.462 e. The zero-order valence-electron chi connectivity index (χ0n) is 39.4. The molecule has 0 aromatic carbocycles. The predicted molar refractivity (Wildman–Crippen MR) is 260 cm³/mol.